The molecule has 0 radical (unpaired) electrons. The highest BCUT2D eigenvalue weighted by atomic mass is 15.5. The molecule has 3 rings (SSSR count). The summed E-state index contributed by atoms with van der Waals surface area (Å²) in [6, 6.07) is 7.91. The fourth-order valence-electron chi connectivity index (χ4n) is 2.16. The van der Waals surface area contributed by atoms with E-state index in [4.69, 9.17) is 0 Å². The summed E-state index contributed by atoms with van der Waals surface area (Å²) in [5.41, 5.74) is 2.99. The second-order valence-electron chi connectivity index (χ2n) is 6.20. The van der Waals surface area contributed by atoms with Crippen molar-refractivity contribution < 1.29 is 0 Å². The quantitative estimate of drug-likeness (QED) is 0.731. The van der Waals surface area contributed by atoms with E-state index in [0.29, 0.717) is 6.54 Å². The summed E-state index contributed by atoms with van der Waals surface area (Å²) in [6.07, 6.45) is 1.97. The van der Waals surface area contributed by atoms with Crippen LogP contribution in [-0.4, -0.2) is 30.0 Å². The van der Waals surface area contributed by atoms with Gasteiger partial charge in [0, 0.05) is 6.54 Å². The molecular weight excluding hydrogens is 252 g/mol. The Hall–Kier alpha value is -2.24. The molecular formula is C14H18N6. The zero-order valence-electron chi connectivity index (χ0n) is 12.0. The van der Waals surface area contributed by atoms with Crippen molar-refractivity contribution in [1.82, 2.24) is 30.0 Å². The third-order valence-electron chi connectivity index (χ3n) is 2.95. The molecule has 0 atom stereocenters. The van der Waals surface area contributed by atoms with Crippen molar-refractivity contribution in [2.45, 2.75) is 33.9 Å². The Balaban J connectivity index is 1.81. The topological polar surface area (TPSA) is 61.4 Å². The molecule has 1 aromatic carbocycles. The summed E-state index contributed by atoms with van der Waals surface area (Å²) >= 11 is 0. The average Bonchev–Trinajstić information content (AvgIpc) is 2.96. The Labute approximate surface area is 117 Å². The number of para-hydroxylation sites is 1. The fraction of sp³-hybridized carbons (Fsp3) is 0.429. The Kier molecular flexibility index (Phi) is 3.00. The van der Waals surface area contributed by atoms with Gasteiger partial charge in [-0.2, -0.15) is 0 Å². The van der Waals surface area contributed by atoms with E-state index in [2.05, 4.69) is 41.4 Å². The third kappa shape index (κ3) is 2.68. The van der Waals surface area contributed by atoms with E-state index < -0.39 is 0 Å². The van der Waals surface area contributed by atoms with Gasteiger partial charge in [-0.25, -0.2) is 4.68 Å². The first-order chi connectivity index (χ1) is 9.51. The van der Waals surface area contributed by atoms with Gasteiger partial charge in [0.15, 0.2) is 0 Å². The maximum absolute atomic E-state index is 4.21. The van der Waals surface area contributed by atoms with Crippen LogP contribution in [0.2, 0.25) is 0 Å². The van der Waals surface area contributed by atoms with Gasteiger partial charge in [-0.05, 0) is 17.5 Å². The molecule has 3 aromatic rings. The number of rotatable bonds is 3. The van der Waals surface area contributed by atoms with Gasteiger partial charge < -0.3 is 0 Å². The van der Waals surface area contributed by atoms with Gasteiger partial charge in [0.05, 0.1) is 18.3 Å². The molecule has 0 fully saturated rings. The van der Waals surface area contributed by atoms with E-state index in [9.17, 15) is 0 Å². The number of nitrogens with zero attached hydrogens (tertiary/aromatic N) is 6. The molecule has 104 valence electrons. The first kappa shape index (κ1) is 12.8. The molecule has 0 bridgehead atoms. The highest BCUT2D eigenvalue weighted by Gasteiger charge is 2.13. The zero-order chi connectivity index (χ0) is 14.2. The summed E-state index contributed by atoms with van der Waals surface area (Å²) in [7, 11) is 0. The summed E-state index contributed by atoms with van der Waals surface area (Å²) in [4.78, 5) is 0. The van der Waals surface area contributed by atoms with E-state index in [1.54, 1.807) is 0 Å². The van der Waals surface area contributed by atoms with Gasteiger partial charge in [0.2, 0.25) is 0 Å². The minimum atomic E-state index is 0.185. The van der Waals surface area contributed by atoms with Crippen LogP contribution in [0.4, 0.5) is 0 Å². The largest absolute Gasteiger partial charge is 0.252 e. The Morgan fingerprint density at radius 1 is 1.05 bits per heavy atom. The predicted molar refractivity (Wildman–Crippen MR) is 76.1 cm³/mol. The minimum absolute atomic E-state index is 0.185. The second-order valence-corrected chi connectivity index (χ2v) is 6.20. The van der Waals surface area contributed by atoms with Gasteiger partial charge in [-0.3, -0.25) is 4.68 Å². The summed E-state index contributed by atoms with van der Waals surface area (Å²) in [6.45, 7) is 7.97. The SMILES string of the molecule is CC(C)(C)Cn1cc(Cn2nnc3ccccc32)nn1. The van der Waals surface area contributed by atoms with Crippen molar-refractivity contribution >= 4 is 11.0 Å². The van der Waals surface area contributed by atoms with Crippen LogP contribution in [0.15, 0.2) is 30.5 Å². The van der Waals surface area contributed by atoms with E-state index in [0.717, 1.165) is 23.3 Å². The van der Waals surface area contributed by atoms with Gasteiger partial charge in [-0.1, -0.05) is 43.3 Å². The monoisotopic (exact) mass is 270 g/mol. The van der Waals surface area contributed by atoms with Crippen LogP contribution in [0.1, 0.15) is 26.5 Å². The third-order valence-corrected chi connectivity index (χ3v) is 2.95. The van der Waals surface area contributed by atoms with Crippen LogP contribution in [0.25, 0.3) is 11.0 Å². The average molecular weight is 270 g/mol. The lowest BCUT2D eigenvalue weighted by Crippen LogP contribution is -2.15. The van der Waals surface area contributed by atoms with E-state index >= 15 is 0 Å². The maximum Gasteiger partial charge on any atom is 0.113 e. The Morgan fingerprint density at radius 2 is 1.85 bits per heavy atom. The molecule has 0 saturated carbocycles. The van der Waals surface area contributed by atoms with Gasteiger partial charge in [0.1, 0.15) is 11.2 Å². The molecule has 2 aromatic heterocycles. The number of hydrogen-bond donors (Lipinski definition) is 0. The van der Waals surface area contributed by atoms with Crippen LogP contribution >= 0.6 is 0 Å². The molecule has 0 aliphatic rings. The molecule has 0 saturated heterocycles. The minimum Gasteiger partial charge on any atom is -0.252 e. The van der Waals surface area contributed by atoms with Crippen LogP contribution < -0.4 is 0 Å². The zero-order valence-corrected chi connectivity index (χ0v) is 12.0. The molecule has 0 aliphatic heterocycles. The summed E-state index contributed by atoms with van der Waals surface area (Å²) in [5.74, 6) is 0. The predicted octanol–water partition coefficient (Wildman–Crippen LogP) is 2.12. The van der Waals surface area contributed by atoms with Gasteiger partial charge in [0.25, 0.3) is 0 Å². The van der Waals surface area contributed by atoms with Crippen molar-refractivity contribution in [3.05, 3.63) is 36.2 Å². The Morgan fingerprint density at radius 3 is 2.65 bits per heavy atom. The van der Waals surface area contributed by atoms with Crippen molar-refractivity contribution in [1.29, 1.82) is 0 Å². The van der Waals surface area contributed by atoms with Crippen molar-refractivity contribution in [3.8, 4) is 0 Å². The molecule has 0 N–H and O–H groups in total. The normalized spacial score (nSPS) is 12.2. The molecule has 20 heavy (non-hydrogen) atoms. The molecule has 0 unspecified atom stereocenters. The van der Waals surface area contributed by atoms with Crippen molar-refractivity contribution in [2.75, 3.05) is 0 Å². The van der Waals surface area contributed by atoms with E-state index in [1.807, 2.05) is 39.8 Å². The highest BCUT2D eigenvalue weighted by Crippen LogP contribution is 2.16. The fourth-order valence-corrected chi connectivity index (χ4v) is 2.16. The smallest absolute Gasteiger partial charge is 0.113 e. The first-order valence-electron chi connectivity index (χ1n) is 6.68. The lowest BCUT2D eigenvalue weighted by atomic mass is 9.97. The van der Waals surface area contributed by atoms with Crippen molar-refractivity contribution in [2.24, 2.45) is 5.41 Å². The number of aromatic nitrogens is 6. The molecule has 6 nitrogen and oxygen atoms in total. The van der Waals surface area contributed by atoms with Gasteiger partial charge in [-0.15, -0.1) is 10.2 Å². The van der Waals surface area contributed by atoms with Crippen LogP contribution in [-0.2, 0) is 13.1 Å². The lowest BCUT2D eigenvalue weighted by molar-refractivity contribution is 0.321. The molecule has 0 aliphatic carbocycles. The van der Waals surface area contributed by atoms with Crippen LogP contribution in [0.5, 0.6) is 0 Å². The molecule has 6 heteroatoms. The molecule has 2 heterocycles. The lowest BCUT2D eigenvalue weighted by Gasteiger charge is -2.16. The van der Waals surface area contributed by atoms with Crippen LogP contribution in [0.3, 0.4) is 0 Å². The maximum atomic E-state index is 4.21. The molecule has 0 spiro atoms. The van der Waals surface area contributed by atoms with Crippen LogP contribution in [0, 0.1) is 5.41 Å². The van der Waals surface area contributed by atoms with Crippen molar-refractivity contribution in [3.63, 3.8) is 0 Å². The highest BCUT2D eigenvalue weighted by molar-refractivity contribution is 5.73. The number of fused-ring (bicyclic) bond motifs is 1. The van der Waals surface area contributed by atoms with E-state index in [1.165, 1.54) is 0 Å². The number of benzene rings is 1. The summed E-state index contributed by atoms with van der Waals surface area (Å²) < 4.78 is 3.73. The second kappa shape index (κ2) is 4.70. The standard InChI is InChI=1S/C14H18N6/c1-14(2,3)10-19-8-11(15-17-19)9-20-13-7-5-4-6-12(13)16-18-20/h4-8H,9-10H2,1-3H3. The Bertz CT molecular complexity index is 718. The molecule has 0 amide bonds. The van der Waals surface area contributed by atoms with E-state index in [-0.39, 0.29) is 5.41 Å². The number of hydrogen-bond acceptors (Lipinski definition) is 4. The summed E-state index contributed by atoms with van der Waals surface area (Å²) in [5, 5.41) is 16.7. The first-order valence-corrected chi connectivity index (χ1v) is 6.68. The van der Waals surface area contributed by atoms with Gasteiger partial charge >= 0.3 is 0 Å².